The second kappa shape index (κ2) is 7.67. The predicted octanol–water partition coefficient (Wildman–Crippen LogP) is 4.61. The number of phenols is 1. The zero-order valence-electron chi connectivity index (χ0n) is 17.8. The first-order valence-corrected chi connectivity index (χ1v) is 10.6. The minimum atomic E-state index is -0.309. The lowest BCUT2D eigenvalue weighted by Crippen LogP contribution is -2.29. The summed E-state index contributed by atoms with van der Waals surface area (Å²) >= 11 is 0. The summed E-state index contributed by atoms with van der Waals surface area (Å²) in [6.45, 7) is 3.33. The van der Waals surface area contributed by atoms with Gasteiger partial charge in [0.05, 0.1) is 11.3 Å². The fraction of sp³-hybridized carbons (Fsp3) is 0.240. The summed E-state index contributed by atoms with van der Waals surface area (Å²) in [7, 11) is 0. The summed E-state index contributed by atoms with van der Waals surface area (Å²) in [6.07, 6.45) is 0.899. The van der Waals surface area contributed by atoms with Crippen molar-refractivity contribution < 1.29 is 19.2 Å². The number of allylic oxidation sites excluding steroid dienone is 2. The van der Waals surface area contributed by atoms with Crippen LogP contribution in [0.5, 0.6) is 5.75 Å². The number of hydrogen-bond donors (Lipinski definition) is 3. The Morgan fingerprint density at radius 1 is 1.16 bits per heavy atom. The Kier molecular flexibility index (Phi) is 4.81. The molecule has 2 heterocycles. The number of anilines is 2. The van der Waals surface area contributed by atoms with Gasteiger partial charge in [0.25, 0.3) is 0 Å². The Bertz CT molecular complexity index is 1260. The van der Waals surface area contributed by atoms with E-state index in [1.165, 1.54) is 6.92 Å². The minimum absolute atomic E-state index is 0.0363. The average molecular weight is 429 g/mol. The number of nitrogens with one attached hydrogen (secondary N) is 2. The number of phenolic OH excluding ortho intramolecular Hbond substituents is 1. The van der Waals surface area contributed by atoms with Crippen LogP contribution in [0.25, 0.3) is 0 Å². The van der Waals surface area contributed by atoms with Gasteiger partial charge in [-0.15, -0.1) is 0 Å². The molecule has 2 atom stereocenters. The average Bonchev–Trinajstić information content (AvgIpc) is 3.13. The van der Waals surface area contributed by atoms with Crippen molar-refractivity contribution >= 4 is 23.3 Å². The largest absolute Gasteiger partial charge is 0.508 e. The van der Waals surface area contributed by atoms with Crippen molar-refractivity contribution in [2.75, 3.05) is 10.6 Å². The Balaban J connectivity index is 1.58. The highest BCUT2D eigenvalue weighted by Crippen LogP contribution is 2.49. The summed E-state index contributed by atoms with van der Waals surface area (Å²) in [5, 5.41) is 20.5. The number of carbonyl (C=O) groups is 2. The van der Waals surface area contributed by atoms with E-state index >= 15 is 0 Å². The highest BCUT2D eigenvalue weighted by atomic mass is 16.5. The molecule has 0 saturated heterocycles. The summed E-state index contributed by atoms with van der Waals surface area (Å²) < 4.78 is 5.55. The van der Waals surface area contributed by atoms with Gasteiger partial charge >= 0.3 is 0 Å². The van der Waals surface area contributed by atoms with Crippen LogP contribution in [-0.4, -0.2) is 22.0 Å². The molecule has 2 aliphatic rings. The number of benzene rings is 2. The number of carbonyl (C=O) groups excluding carboxylic acids is 2. The number of nitrogens with zero attached hydrogens (tertiary/aromatic N) is 1. The third-order valence-corrected chi connectivity index (χ3v) is 6.20. The molecule has 162 valence electrons. The Labute approximate surface area is 185 Å². The van der Waals surface area contributed by atoms with E-state index in [0.29, 0.717) is 30.0 Å². The van der Waals surface area contributed by atoms with Crippen molar-refractivity contribution in [3.63, 3.8) is 0 Å². The van der Waals surface area contributed by atoms with E-state index in [0.717, 1.165) is 28.1 Å². The number of amides is 1. The first-order chi connectivity index (χ1) is 15.4. The van der Waals surface area contributed by atoms with E-state index in [1.807, 2.05) is 43.3 Å². The van der Waals surface area contributed by atoms with E-state index < -0.39 is 0 Å². The molecule has 7 nitrogen and oxygen atoms in total. The van der Waals surface area contributed by atoms with Crippen LogP contribution in [0.15, 0.2) is 64.3 Å². The molecule has 3 aromatic rings. The summed E-state index contributed by atoms with van der Waals surface area (Å²) in [5.41, 5.74) is 5.48. The van der Waals surface area contributed by atoms with Gasteiger partial charge in [0.15, 0.2) is 5.78 Å². The molecule has 1 aliphatic carbocycles. The highest BCUT2D eigenvalue weighted by molar-refractivity contribution is 6.01. The zero-order valence-corrected chi connectivity index (χ0v) is 17.8. The summed E-state index contributed by atoms with van der Waals surface area (Å²) in [5.74, 6) is 0.211. The Morgan fingerprint density at radius 3 is 2.62 bits per heavy atom. The molecular weight excluding hydrogens is 406 g/mol. The van der Waals surface area contributed by atoms with Gasteiger partial charge in [0, 0.05) is 42.1 Å². The number of fused-ring (bicyclic) bond motifs is 1. The molecule has 32 heavy (non-hydrogen) atoms. The molecule has 5 rings (SSSR count). The maximum atomic E-state index is 13.5. The maximum absolute atomic E-state index is 13.5. The van der Waals surface area contributed by atoms with E-state index in [2.05, 4.69) is 15.8 Å². The van der Waals surface area contributed by atoms with Crippen LogP contribution in [0, 0.1) is 6.92 Å². The third kappa shape index (κ3) is 3.36. The van der Waals surface area contributed by atoms with Crippen LogP contribution in [0.1, 0.15) is 54.0 Å². The number of Topliss-reactive ketones (excluding diaryl/α,β-unsaturated/α-hetero) is 1. The van der Waals surface area contributed by atoms with Gasteiger partial charge < -0.3 is 20.3 Å². The van der Waals surface area contributed by atoms with Crippen LogP contribution < -0.4 is 10.6 Å². The molecule has 1 amide bonds. The van der Waals surface area contributed by atoms with Crippen LogP contribution in [-0.2, 0) is 9.59 Å². The first kappa shape index (κ1) is 20.1. The van der Waals surface area contributed by atoms with Crippen molar-refractivity contribution in [1.29, 1.82) is 0 Å². The molecule has 2 unspecified atom stereocenters. The molecule has 3 N–H and O–H groups in total. The fourth-order valence-corrected chi connectivity index (χ4v) is 4.82. The summed E-state index contributed by atoms with van der Waals surface area (Å²) in [6, 6.07) is 14.7. The molecule has 1 aromatic heterocycles. The van der Waals surface area contributed by atoms with E-state index in [4.69, 9.17) is 4.52 Å². The van der Waals surface area contributed by atoms with Crippen LogP contribution >= 0.6 is 0 Å². The lowest BCUT2D eigenvalue weighted by Gasteiger charge is -2.34. The molecule has 0 fully saturated rings. The number of aromatic nitrogens is 1. The van der Waals surface area contributed by atoms with E-state index in [-0.39, 0.29) is 29.3 Å². The van der Waals surface area contributed by atoms with Crippen molar-refractivity contribution in [2.24, 2.45) is 0 Å². The van der Waals surface area contributed by atoms with Gasteiger partial charge in [-0.1, -0.05) is 35.5 Å². The number of ketones is 1. The van der Waals surface area contributed by atoms with Crippen LogP contribution in [0.4, 0.5) is 11.6 Å². The van der Waals surface area contributed by atoms with Gasteiger partial charge in [0.1, 0.15) is 5.75 Å². The summed E-state index contributed by atoms with van der Waals surface area (Å²) in [4.78, 5) is 24.8. The quantitative estimate of drug-likeness (QED) is 0.562. The number of para-hydroxylation sites is 1. The van der Waals surface area contributed by atoms with E-state index in [1.54, 1.807) is 12.1 Å². The minimum Gasteiger partial charge on any atom is -0.508 e. The second-order valence-electron chi connectivity index (χ2n) is 8.35. The van der Waals surface area contributed by atoms with Gasteiger partial charge in [-0.05, 0) is 42.7 Å². The monoisotopic (exact) mass is 429 g/mol. The number of aryl methyl sites for hydroxylation is 1. The molecule has 0 spiro atoms. The number of aromatic hydroxyl groups is 1. The number of hydrogen-bond acceptors (Lipinski definition) is 6. The second-order valence-corrected chi connectivity index (χ2v) is 8.35. The van der Waals surface area contributed by atoms with Crippen molar-refractivity contribution in [1.82, 2.24) is 5.16 Å². The predicted molar refractivity (Wildman–Crippen MR) is 120 cm³/mol. The maximum Gasteiger partial charge on any atom is 0.233 e. The lowest BCUT2D eigenvalue weighted by molar-refractivity contribution is -0.116. The smallest absolute Gasteiger partial charge is 0.233 e. The van der Waals surface area contributed by atoms with E-state index in [9.17, 15) is 14.7 Å². The molecule has 7 heteroatoms. The molecule has 0 saturated carbocycles. The van der Waals surface area contributed by atoms with Crippen molar-refractivity contribution in [2.45, 2.75) is 38.5 Å². The molecule has 0 radical (unpaired) electrons. The molecule has 2 aromatic carbocycles. The Hall–Kier alpha value is -3.87. The van der Waals surface area contributed by atoms with Crippen LogP contribution in [0.2, 0.25) is 0 Å². The SMILES string of the molecule is CC(=O)Nc1ccc(C2C3=C(CC(c4ccccc4O)CC3=O)Nc3onc(C)c32)cc1. The topological polar surface area (TPSA) is 104 Å². The van der Waals surface area contributed by atoms with Crippen molar-refractivity contribution in [3.05, 3.63) is 82.2 Å². The van der Waals surface area contributed by atoms with Crippen molar-refractivity contribution in [3.8, 4) is 5.75 Å². The number of rotatable bonds is 3. The van der Waals surface area contributed by atoms with Gasteiger partial charge in [0.2, 0.25) is 11.8 Å². The zero-order chi connectivity index (χ0) is 22.4. The lowest BCUT2D eigenvalue weighted by atomic mass is 9.72. The standard InChI is InChI=1S/C25H23N3O4/c1-13-22-23(15-7-9-17(10-8-15)26-14(2)29)24-19(27-25(22)32-28-13)11-16(12-21(24)31)18-5-3-4-6-20(18)30/h3-10,16,23,27,30H,11-12H2,1-2H3,(H,26,29). The van der Waals surface area contributed by atoms with Crippen LogP contribution in [0.3, 0.4) is 0 Å². The molecule has 0 bridgehead atoms. The molecular formula is C25H23N3O4. The fourth-order valence-electron chi connectivity index (χ4n) is 4.82. The van der Waals surface area contributed by atoms with Gasteiger partial charge in [-0.2, -0.15) is 0 Å². The molecule has 1 aliphatic heterocycles. The highest BCUT2D eigenvalue weighted by Gasteiger charge is 2.41. The van der Waals surface area contributed by atoms with Gasteiger partial charge in [-0.25, -0.2) is 0 Å². The first-order valence-electron chi connectivity index (χ1n) is 10.6. The third-order valence-electron chi connectivity index (χ3n) is 6.20. The normalized spacial score (nSPS) is 19.8. The Morgan fingerprint density at radius 2 is 1.91 bits per heavy atom. The van der Waals surface area contributed by atoms with Gasteiger partial charge in [-0.3, -0.25) is 9.59 Å².